The summed E-state index contributed by atoms with van der Waals surface area (Å²) in [5.74, 6) is 0.149. The molecule has 0 radical (unpaired) electrons. The van der Waals surface area contributed by atoms with Crippen LogP contribution in [0.15, 0.2) is 0 Å². The maximum absolute atomic E-state index is 11.1. The second-order valence-corrected chi connectivity index (χ2v) is 3.54. The largest absolute Gasteiger partial charge is 0.377 e. The topological polar surface area (TPSA) is 38.3 Å². The molecule has 0 spiro atoms. The molecule has 0 bridgehead atoms. The second-order valence-electron chi connectivity index (χ2n) is 3.54. The molecule has 0 saturated carbocycles. The minimum atomic E-state index is 0.0589. The van der Waals surface area contributed by atoms with Gasteiger partial charge in [0.25, 0.3) is 0 Å². The second kappa shape index (κ2) is 6.89. The molecular formula is C10H21NO2. The first-order valence-electron chi connectivity index (χ1n) is 4.97. The predicted octanol–water partition coefficient (Wildman–Crippen LogP) is 1.57. The monoisotopic (exact) mass is 187 g/mol. The van der Waals surface area contributed by atoms with Gasteiger partial charge in [0.2, 0.25) is 5.91 Å². The van der Waals surface area contributed by atoms with Crippen molar-refractivity contribution in [2.45, 2.75) is 40.2 Å². The molecule has 3 heteroatoms. The summed E-state index contributed by atoms with van der Waals surface area (Å²) in [6, 6.07) is 0. The number of amides is 1. The van der Waals surface area contributed by atoms with Gasteiger partial charge in [0.1, 0.15) is 0 Å². The van der Waals surface area contributed by atoms with Crippen molar-refractivity contribution >= 4 is 5.91 Å². The van der Waals surface area contributed by atoms with Crippen molar-refractivity contribution in [1.82, 2.24) is 5.32 Å². The molecule has 0 heterocycles. The number of carbonyl (C=O) groups excluding carboxylic acids is 1. The fourth-order valence-electron chi connectivity index (χ4n) is 0.756. The molecular weight excluding hydrogens is 166 g/mol. The van der Waals surface area contributed by atoms with Crippen LogP contribution in [0.2, 0.25) is 0 Å². The van der Waals surface area contributed by atoms with Gasteiger partial charge < -0.3 is 10.1 Å². The highest BCUT2D eigenvalue weighted by Gasteiger charge is 2.05. The number of carbonyl (C=O) groups is 1. The van der Waals surface area contributed by atoms with Crippen molar-refractivity contribution in [2.24, 2.45) is 5.92 Å². The third-order valence-electron chi connectivity index (χ3n) is 1.90. The lowest BCUT2D eigenvalue weighted by Gasteiger charge is -2.11. The first-order valence-corrected chi connectivity index (χ1v) is 4.97. The summed E-state index contributed by atoms with van der Waals surface area (Å²) in [5.41, 5.74) is 0. The minimum absolute atomic E-state index is 0.0589. The van der Waals surface area contributed by atoms with Gasteiger partial charge in [0.05, 0.1) is 12.7 Å². The Labute approximate surface area is 80.8 Å². The van der Waals surface area contributed by atoms with Crippen molar-refractivity contribution in [3.8, 4) is 0 Å². The Balaban J connectivity index is 3.31. The molecule has 1 amide bonds. The summed E-state index contributed by atoms with van der Waals surface area (Å²) in [6.45, 7) is 9.09. The Hall–Kier alpha value is -0.570. The van der Waals surface area contributed by atoms with Gasteiger partial charge in [-0.05, 0) is 13.3 Å². The predicted molar refractivity (Wildman–Crippen MR) is 53.6 cm³/mol. The van der Waals surface area contributed by atoms with Crippen LogP contribution in [0.25, 0.3) is 0 Å². The Morgan fingerprint density at radius 1 is 1.38 bits per heavy atom. The maximum Gasteiger partial charge on any atom is 0.222 e. The van der Waals surface area contributed by atoms with Crippen LogP contribution in [-0.2, 0) is 9.53 Å². The highest BCUT2D eigenvalue weighted by Crippen LogP contribution is 1.94. The van der Waals surface area contributed by atoms with Gasteiger partial charge in [-0.3, -0.25) is 4.79 Å². The number of nitrogens with one attached hydrogen (secondary N) is 1. The first kappa shape index (κ1) is 12.4. The molecule has 1 N–H and O–H groups in total. The van der Waals surface area contributed by atoms with Crippen LogP contribution in [0.1, 0.15) is 34.1 Å². The molecule has 0 aromatic rings. The van der Waals surface area contributed by atoms with Gasteiger partial charge in [-0.15, -0.1) is 0 Å². The number of rotatable bonds is 6. The van der Waals surface area contributed by atoms with E-state index in [0.717, 1.165) is 6.42 Å². The van der Waals surface area contributed by atoms with Gasteiger partial charge in [-0.1, -0.05) is 20.8 Å². The van der Waals surface area contributed by atoms with E-state index >= 15 is 0 Å². The van der Waals surface area contributed by atoms with Gasteiger partial charge in [-0.2, -0.15) is 0 Å². The van der Waals surface area contributed by atoms with Crippen molar-refractivity contribution in [3.05, 3.63) is 0 Å². The molecule has 0 fully saturated rings. The van der Waals surface area contributed by atoms with E-state index in [9.17, 15) is 4.79 Å². The highest BCUT2D eigenvalue weighted by molar-refractivity contribution is 5.77. The van der Waals surface area contributed by atoms with E-state index in [1.165, 1.54) is 0 Å². The molecule has 0 aliphatic carbocycles. The number of hydrogen-bond acceptors (Lipinski definition) is 2. The molecule has 1 atom stereocenters. The van der Waals surface area contributed by atoms with E-state index in [0.29, 0.717) is 13.2 Å². The SMILES string of the molecule is CC[C@@H](C)OCCNC(=O)C(C)C. The Morgan fingerprint density at radius 3 is 2.46 bits per heavy atom. The van der Waals surface area contributed by atoms with Crippen LogP contribution in [0.4, 0.5) is 0 Å². The maximum atomic E-state index is 11.1. The first-order chi connectivity index (χ1) is 6.07. The van der Waals surface area contributed by atoms with Crippen molar-refractivity contribution < 1.29 is 9.53 Å². The highest BCUT2D eigenvalue weighted by atomic mass is 16.5. The van der Waals surface area contributed by atoms with Crippen LogP contribution in [0.5, 0.6) is 0 Å². The molecule has 0 aromatic heterocycles. The Bertz CT molecular complexity index is 146. The van der Waals surface area contributed by atoms with Crippen LogP contribution in [0.3, 0.4) is 0 Å². The zero-order valence-electron chi connectivity index (χ0n) is 9.09. The molecule has 0 aliphatic rings. The van der Waals surface area contributed by atoms with E-state index in [2.05, 4.69) is 12.2 Å². The van der Waals surface area contributed by atoms with Gasteiger partial charge in [-0.25, -0.2) is 0 Å². The van der Waals surface area contributed by atoms with Crippen LogP contribution < -0.4 is 5.32 Å². The van der Waals surface area contributed by atoms with Gasteiger partial charge in [0.15, 0.2) is 0 Å². The molecule has 0 rings (SSSR count). The molecule has 0 saturated heterocycles. The van der Waals surface area contributed by atoms with E-state index in [4.69, 9.17) is 4.74 Å². The van der Waals surface area contributed by atoms with Crippen molar-refractivity contribution in [2.75, 3.05) is 13.2 Å². The van der Waals surface area contributed by atoms with E-state index in [-0.39, 0.29) is 17.9 Å². The summed E-state index contributed by atoms with van der Waals surface area (Å²) in [4.78, 5) is 11.1. The average molecular weight is 187 g/mol. The third kappa shape index (κ3) is 6.58. The average Bonchev–Trinajstić information content (AvgIpc) is 2.11. The fourth-order valence-corrected chi connectivity index (χ4v) is 0.756. The fraction of sp³-hybridized carbons (Fsp3) is 0.900. The summed E-state index contributed by atoms with van der Waals surface area (Å²) < 4.78 is 5.41. The molecule has 13 heavy (non-hydrogen) atoms. The lowest BCUT2D eigenvalue weighted by molar-refractivity contribution is -0.124. The van der Waals surface area contributed by atoms with Crippen LogP contribution in [-0.4, -0.2) is 25.2 Å². The standard InChI is InChI=1S/C10H21NO2/c1-5-9(4)13-7-6-11-10(12)8(2)3/h8-9H,5-7H2,1-4H3,(H,11,12)/t9-/m1/s1. The lowest BCUT2D eigenvalue weighted by Crippen LogP contribution is -2.31. The lowest BCUT2D eigenvalue weighted by atomic mass is 10.2. The molecule has 0 aromatic carbocycles. The summed E-state index contributed by atoms with van der Waals surface area (Å²) >= 11 is 0. The molecule has 3 nitrogen and oxygen atoms in total. The van der Waals surface area contributed by atoms with Gasteiger partial charge >= 0.3 is 0 Å². The molecule has 78 valence electrons. The normalized spacial score (nSPS) is 13.0. The quantitative estimate of drug-likeness (QED) is 0.641. The summed E-state index contributed by atoms with van der Waals surface area (Å²) in [5, 5.41) is 2.80. The zero-order valence-corrected chi connectivity index (χ0v) is 9.09. The summed E-state index contributed by atoms with van der Waals surface area (Å²) in [7, 11) is 0. The van der Waals surface area contributed by atoms with E-state index in [1.54, 1.807) is 0 Å². The molecule has 0 unspecified atom stereocenters. The molecule has 0 aliphatic heterocycles. The van der Waals surface area contributed by atoms with E-state index < -0.39 is 0 Å². The van der Waals surface area contributed by atoms with Gasteiger partial charge in [0, 0.05) is 12.5 Å². The Morgan fingerprint density at radius 2 is 2.00 bits per heavy atom. The number of hydrogen-bond donors (Lipinski definition) is 1. The van der Waals surface area contributed by atoms with E-state index in [1.807, 2.05) is 20.8 Å². The summed E-state index contributed by atoms with van der Waals surface area (Å²) in [6.07, 6.45) is 1.30. The minimum Gasteiger partial charge on any atom is -0.377 e. The third-order valence-corrected chi connectivity index (χ3v) is 1.90. The van der Waals surface area contributed by atoms with Crippen molar-refractivity contribution in [1.29, 1.82) is 0 Å². The van der Waals surface area contributed by atoms with Crippen molar-refractivity contribution in [3.63, 3.8) is 0 Å². The van der Waals surface area contributed by atoms with Crippen LogP contribution in [0, 0.1) is 5.92 Å². The number of ether oxygens (including phenoxy) is 1. The van der Waals surface area contributed by atoms with Crippen LogP contribution >= 0.6 is 0 Å². The zero-order chi connectivity index (χ0) is 10.3. The smallest absolute Gasteiger partial charge is 0.222 e. The Kier molecular flexibility index (Phi) is 6.59.